The van der Waals surface area contributed by atoms with E-state index in [-0.39, 0.29) is 11.9 Å². The lowest BCUT2D eigenvalue weighted by atomic mass is 9.96. The second-order valence-electron chi connectivity index (χ2n) is 7.53. The summed E-state index contributed by atoms with van der Waals surface area (Å²) < 4.78 is 0. The van der Waals surface area contributed by atoms with Gasteiger partial charge >= 0.3 is 0 Å². The zero-order valence-corrected chi connectivity index (χ0v) is 17.2. The number of carbonyl (C=O) groups excluding carboxylic acids is 1. The zero-order valence-electron chi connectivity index (χ0n) is 16.4. The predicted molar refractivity (Wildman–Crippen MR) is 113 cm³/mol. The van der Waals surface area contributed by atoms with Crippen molar-refractivity contribution in [2.45, 2.75) is 64.0 Å². The maximum atomic E-state index is 11.4. The van der Waals surface area contributed by atoms with Crippen LogP contribution in [0.3, 0.4) is 0 Å². The van der Waals surface area contributed by atoms with Gasteiger partial charge in [-0.2, -0.15) is 0 Å². The molecule has 2 fully saturated rings. The molecule has 0 bridgehead atoms. The molecule has 1 saturated heterocycles. The minimum atomic E-state index is 0.122. The van der Waals surface area contributed by atoms with Crippen LogP contribution in [0.2, 0.25) is 5.02 Å². The number of halogens is 1. The van der Waals surface area contributed by atoms with E-state index < -0.39 is 0 Å². The fourth-order valence-corrected chi connectivity index (χ4v) is 3.91. The second kappa shape index (κ2) is 9.87. The van der Waals surface area contributed by atoms with Crippen LogP contribution < -0.4 is 11.1 Å². The normalized spacial score (nSPS) is 19.9. The Bertz CT molecular complexity index is 736. The van der Waals surface area contributed by atoms with Gasteiger partial charge in [0.1, 0.15) is 5.69 Å². The monoisotopic (exact) mass is 404 g/mol. The number of allylic oxidation sites excluding steroid dienone is 1. The molecule has 2 heterocycles. The molecule has 1 aromatic rings. The summed E-state index contributed by atoms with van der Waals surface area (Å²) in [4.78, 5) is 26.7. The third-order valence-electron chi connectivity index (χ3n) is 5.42. The van der Waals surface area contributed by atoms with Crippen LogP contribution in [0.1, 0.15) is 57.6 Å². The molecular weight excluding hydrogens is 376 g/mol. The van der Waals surface area contributed by atoms with Crippen LogP contribution in [-0.2, 0) is 4.79 Å². The van der Waals surface area contributed by atoms with Crippen molar-refractivity contribution in [2.24, 2.45) is 10.7 Å². The molecule has 8 heteroatoms. The number of nitrogens with two attached hydrogens (primary N) is 1. The fourth-order valence-electron chi connectivity index (χ4n) is 3.71. The van der Waals surface area contributed by atoms with Crippen LogP contribution in [-0.4, -0.2) is 52.2 Å². The number of nitrogens with zero attached hydrogens (tertiary/aromatic N) is 4. The van der Waals surface area contributed by atoms with Crippen molar-refractivity contribution in [2.75, 3.05) is 18.4 Å². The van der Waals surface area contributed by atoms with E-state index in [2.05, 4.69) is 20.3 Å². The molecule has 7 nitrogen and oxygen atoms in total. The van der Waals surface area contributed by atoms with Crippen molar-refractivity contribution >= 4 is 35.4 Å². The van der Waals surface area contributed by atoms with Crippen molar-refractivity contribution in [1.82, 2.24) is 14.9 Å². The Hall–Kier alpha value is -2.15. The number of piperidine rings is 1. The molecule has 3 rings (SSSR count). The highest BCUT2D eigenvalue weighted by Gasteiger charge is 2.21. The number of aliphatic imine (C=N–C) groups is 1. The average Bonchev–Trinajstić information content (AvgIpc) is 2.70. The van der Waals surface area contributed by atoms with Crippen molar-refractivity contribution in [1.29, 1.82) is 0 Å². The second-order valence-corrected chi connectivity index (χ2v) is 7.93. The molecular formula is C20H29ClN6O. The number of hydrogen-bond donors (Lipinski definition) is 2. The van der Waals surface area contributed by atoms with E-state index in [0.717, 1.165) is 38.8 Å². The first kappa shape index (κ1) is 20.6. The molecule has 1 aromatic heterocycles. The van der Waals surface area contributed by atoms with E-state index in [1.54, 1.807) is 25.4 Å². The quantitative estimate of drug-likeness (QED) is 0.734. The van der Waals surface area contributed by atoms with Gasteiger partial charge in [-0.05, 0) is 31.8 Å². The Morgan fingerprint density at radius 1 is 1.29 bits per heavy atom. The minimum absolute atomic E-state index is 0.122. The zero-order chi connectivity index (χ0) is 19.9. The number of likely N-dealkylation sites (tertiary alicyclic amines) is 1. The first-order valence-corrected chi connectivity index (χ1v) is 10.4. The van der Waals surface area contributed by atoms with Crippen molar-refractivity contribution < 1.29 is 4.79 Å². The smallest absolute Gasteiger partial charge is 0.223 e. The summed E-state index contributed by atoms with van der Waals surface area (Å²) >= 11 is 6.25. The number of anilines is 1. The Kier molecular flexibility index (Phi) is 7.25. The van der Waals surface area contributed by atoms with E-state index in [1.165, 1.54) is 19.3 Å². The van der Waals surface area contributed by atoms with E-state index in [4.69, 9.17) is 17.3 Å². The third-order valence-corrected chi connectivity index (χ3v) is 5.69. The molecule has 1 amide bonds. The minimum Gasteiger partial charge on any atom is -0.397 e. The molecule has 152 valence electrons. The molecule has 2 aliphatic rings. The van der Waals surface area contributed by atoms with Crippen molar-refractivity contribution in [3.63, 3.8) is 0 Å². The number of carbonyl (C=O) groups is 1. The average molecular weight is 405 g/mol. The van der Waals surface area contributed by atoms with Gasteiger partial charge in [-0.25, -0.2) is 9.97 Å². The maximum Gasteiger partial charge on any atom is 0.223 e. The van der Waals surface area contributed by atoms with E-state index in [1.807, 2.05) is 4.90 Å². The molecule has 3 N–H and O–H groups in total. The van der Waals surface area contributed by atoms with Crippen LogP contribution in [0.25, 0.3) is 5.70 Å². The first-order valence-electron chi connectivity index (χ1n) is 10.1. The summed E-state index contributed by atoms with van der Waals surface area (Å²) in [7, 11) is 0. The van der Waals surface area contributed by atoms with Gasteiger partial charge in [-0.1, -0.05) is 30.9 Å². The summed E-state index contributed by atoms with van der Waals surface area (Å²) in [5.74, 6) is 0.623. The van der Waals surface area contributed by atoms with Gasteiger partial charge < -0.3 is 16.0 Å². The molecule has 0 aromatic carbocycles. The Balaban J connectivity index is 1.61. The number of amides is 1. The Morgan fingerprint density at radius 2 is 2.00 bits per heavy atom. The summed E-state index contributed by atoms with van der Waals surface area (Å²) in [6.45, 7) is 3.09. The SMILES string of the molecule is CC(=O)N1CCC(Nc2ncc(Cl)c(/C(N)=C/C=NC3CCCCC3)n2)CC1. The highest BCUT2D eigenvalue weighted by Crippen LogP contribution is 2.22. The van der Waals surface area contributed by atoms with Gasteiger partial charge in [0.25, 0.3) is 0 Å². The highest BCUT2D eigenvalue weighted by atomic mass is 35.5. The molecule has 0 atom stereocenters. The summed E-state index contributed by atoms with van der Waals surface area (Å²) in [6, 6.07) is 0.625. The number of rotatable bonds is 5. The lowest BCUT2D eigenvalue weighted by Crippen LogP contribution is -2.41. The van der Waals surface area contributed by atoms with Crippen LogP contribution in [0, 0.1) is 0 Å². The fraction of sp³-hybridized carbons (Fsp3) is 0.600. The largest absolute Gasteiger partial charge is 0.397 e. The van der Waals surface area contributed by atoms with Gasteiger partial charge in [-0.15, -0.1) is 0 Å². The number of nitrogens with one attached hydrogen (secondary N) is 1. The van der Waals surface area contributed by atoms with Crippen LogP contribution in [0.15, 0.2) is 17.3 Å². The molecule has 0 unspecified atom stereocenters. The summed E-state index contributed by atoms with van der Waals surface area (Å²) in [6.07, 6.45) is 12.9. The lowest BCUT2D eigenvalue weighted by molar-refractivity contribution is -0.129. The Morgan fingerprint density at radius 3 is 2.68 bits per heavy atom. The van der Waals surface area contributed by atoms with Gasteiger partial charge in [-0.3, -0.25) is 9.79 Å². The molecule has 0 radical (unpaired) electrons. The third kappa shape index (κ3) is 5.67. The van der Waals surface area contributed by atoms with E-state index >= 15 is 0 Å². The van der Waals surface area contributed by atoms with Crippen molar-refractivity contribution in [3.8, 4) is 0 Å². The number of aromatic nitrogens is 2. The molecule has 0 spiro atoms. The molecule has 1 saturated carbocycles. The topological polar surface area (TPSA) is 96.5 Å². The Labute approximate surface area is 171 Å². The standard InChI is InChI=1S/C20H29ClN6O/c1-14(28)27-11-8-16(9-12-27)25-20-24-13-17(21)19(26-20)18(22)7-10-23-15-5-3-2-4-6-15/h7,10,13,15-16H,2-6,8-9,11-12,22H2,1H3,(H,24,25,26)/b18-7-,23-10?. The summed E-state index contributed by atoms with van der Waals surface area (Å²) in [5, 5.41) is 3.75. The van der Waals surface area contributed by atoms with Gasteiger partial charge in [0.15, 0.2) is 0 Å². The van der Waals surface area contributed by atoms with E-state index in [0.29, 0.717) is 28.4 Å². The first-order chi connectivity index (χ1) is 13.5. The van der Waals surface area contributed by atoms with Crippen LogP contribution in [0.5, 0.6) is 0 Å². The number of hydrogen-bond acceptors (Lipinski definition) is 6. The lowest BCUT2D eigenvalue weighted by Gasteiger charge is -2.31. The van der Waals surface area contributed by atoms with Crippen LogP contribution >= 0.6 is 11.6 Å². The van der Waals surface area contributed by atoms with Crippen LogP contribution in [0.4, 0.5) is 5.95 Å². The van der Waals surface area contributed by atoms with Gasteiger partial charge in [0.2, 0.25) is 11.9 Å². The molecule has 28 heavy (non-hydrogen) atoms. The van der Waals surface area contributed by atoms with Gasteiger partial charge in [0, 0.05) is 38.3 Å². The maximum absolute atomic E-state index is 11.4. The summed E-state index contributed by atoms with van der Waals surface area (Å²) in [5.41, 5.74) is 7.17. The predicted octanol–water partition coefficient (Wildman–Crippen LogP) is 3.26. The van der Waals surface area contributed by atoms with Crippen molar-refractivity contribution in [3.05, 3.63) is 23.0 Å². The molecule has 1 aliphatic heterocycles. The molecule has 1 aliphatic carbocycles. The van der Waals surface area contributed by atoms with E-state index in [9.17, 15) is 4.79 Å². The van der Waals surface area contributed by atoms with Gasteiger partial charge in [0.05, 0.1) is 16.9 Å². The highest BCUT2D eigenvalue weighted by molar-refractivity contribution is 6.32.